The maximum Gasteiger partial charge on any atom is 0.243 e. The maximum atomic E-state index is 12.3. The fourth-order valence-corrected chi connectivity index (χ4v) is 4.86. The van der Waals surface area contributed by atoms with E-state index in [0.717, 1.165) is 62.4 Å². The molecule has 0 bridgehead atoms. The topological polar surface area (TPSA) is 130 Å². The molecule has 2 saturated heterocycles. The number of carbonyl (C=O) groups is 2. The number of unbranched alkanes of at least 4 members (excludes halogenated alkanes) is 2. The molecule has 2 aliphatic rings. The van der Waals surface area contributed by atoms with Gasteiger partial charge in [0.15, 0.2) is 6.29 Å². The number of amides is 2. The second-order valence-corrected chi connectivity index (χ2v) is 10.0. The van der Waals surface area contributed by atoms with Crippen molar-refractivity contribution >= 4 is 17.5 Å². The molecule has 0 radical (unpaired) electrons. The smallest absolute Gasteiger partial charge is 0.243 e. The zero-order chi connectivity index (χ0) is 27.5. The second-order valence-electron chi connectivity index (χ2n) is 10.0. The highest BCUT2D eigenvalue weighted by Crippen LogP contribution is 2.38. The van der Waals surface area contributed by atoms with Gasteiger partial charge in [-0.05, 0) is 36.1 Å². The van der Waals surface area contributed by atoms with Gasteiger partial charge in [0, 0.05) is 50.1 Å². The quantitative estimate of drug-likeness (QED) is 0.183. The molecule has 0 unspecified atom stereocenters. The summed E-state index contributed by atoms with van der Waals surface area (Å²) in [5.74, 6) is -0.500. The zero-order valence-electron chi connectivity index (χ0n) is 22.2. The molecule has 4 rings (SSSR count). The Hall–Kier alpha value is -2.86. The predicted octanol–water partition coefficient (Wildman–Crippen LogP) is 3.45. The molecular weight excluding hydrogens is 502 g/mol. The Labute approximate surface area is 229 Å². The van der Waals surface area contributed by atoms with Crippen LogP contribution in [0.4, 0.5) is 5.69 Å². The standard InChI is InChI=1S/C29H39N3O7/c33-20-21-6-8-22(9-7-21)26-18-25(19-32-14-16-37-17-15-32)38-29(39-26)23-10-12-24(13-11-23)30-27(34)4-2-1-3-5-28(35)31-36/h6-13,25-26,29,33,36H,1-5,14-20H2,(H,30,34)(H,31,35)/t25-,26+,29+/m1/s1. The summed E-state index contributed by atoms with van der Waals surface area (Å²) < 4.78 is 18.3. The second kappa shape index (κ2) is 15.1. The van der Waals surface area contributed by atoms with Gasteiger partial charge in [-0.25, -0.2) is 5.48 Å². The van der Waals surface area contributed by atoms with Crippen LogP contribution in [0.1, 0.15) is 67.6 Å². The van der Waals surface area contributed by atoms with Gasteiger partial charge in [-0.1, -0.05) is 42.8 Å². The zero-order valence-corrected chi connectivity index (χ0v) is 22.2. The molecule has 39 heavy (non-hydrogen) atoms. The number of nitrogens with one attached hydrogen (secondary N) is 2. The van der Waals surface area contributed by atoms with Crippen molar-refractivity contribution < 1.29 is 34.1 Å². The summed E-state index contributed by atoms with van der Waals surface area (Å²) >= 11 is 0. The summed E-state index contributed by atoms with van der Waals surface area (Å²) in [5.41, 5.74) is 5.09. The van der Waals surface area contributed by atoms with Crippen LogP contribution in [0.5, 0.6) is 0 Å². The van der Waals surface area contributed by atoms with E-state index in [0.29, 0.717) is 24.9 Å². The van der Waals surface area contributed by atoms with Gasteiger partial charge in [-0.2, -0.15) is 0 Å². The number of rotatable bonds is 12. The van der Waals surface area contributed by atoms with Crippen LogP contribution < -0.4 is 10.8 Å². The molecule has 0 spiro atoms. The van der Waals surface area contributed by atoms with Crippen molar-refractivity contribution in [3.05, 3.63) is 65.2 Å². The number of hydrogen-bond acceptors (Lipinski definition) is 8. The third-order valence-corrected chi connectivity index (χ3v) is 7.08. The van der Waals surface area contributed by atoms with Crippen LogP contribution in [0.2, 0.25) is 0 Å². The third-order valence-electron chi connectivity index (χ3n) is 7.08. The van der Waals surface area contributed by atoms with E-state index in [1.165, 1.54) is 0 Å². The molecule has 4 N–H and O–H groups in total. The summed E-state index contributed by atoms with van der Waals surface area (Å²) in [6, 6.07) is 15.4. The highest BCUT2D eigenvalue weighted by atomic mass is 16.7. The Balaban J connectivity index is 1.35. The fourth-order valence-electron chi connectivity index (χ4n) is 4.86. The van der Waals surface area contributed by atoms with Gasteiger partial charge in [0.2, 0.25) is 11.8 Å². The molecule has 212 valence electrons. The number of nitrogens with zero attached hydrogens (tertiary/aromatic N) is 1. The molecule has 2 fully saturated rings. The van der Waals surface area contributed by atoms with Gasteiger partial charge < -0.3 is 24.6 Å². The van der Waals surface area contributed by atoms with E-state index in [2.05, 4.69) is 10.2 Å². The van der Waals surface area contributed by atoms with E-state index in [1.807, 2.05) is 48.5 Å². The Bertz CT molecular complexity index is 1040. The van der Waals surface area contributed by atoms with Crippen molar-refractivity contribution in [3.63, 3.8) is 0 Å². The van der Waals surface area contributed by atoms with Crippen LogP contribution in [0.3, 0.4) is 0 Å². The molecule has 2 aromatic rings. The molecule has 2 aliphatic heterocycles. The number of morpholine rings is 1. The van der Waals surface area contributed by atoms with Gasteiger partial charge in [0.05, 0.1) is 32.0 Å². The summed E-state index contributed by atoms with van der Waals surface area (Å²) in [6.45, 7) is 4.03. The number of benzene rings is 2. The van der Waals surface area contributed by atoms with Crippen LogP contribution >= 0.6 is 0 Å². The average Bonchev–Trinajstić information content (AvgIpc) is 2.97. The minimum atomic E-state index is -0.548. The van der Waals surface area contributed by atoms with Gasteiger partial charge in [0.1, 0.15) is 0 Å². The number of ether oxygens (including phenoxy) is 3. The highest BCUT2D eigenvalue weighted by Gasteiger charge is 2.33. The van der Waals surface area contributed by atoms with E-state index < -0.39 is 12.2 Å². The van der Waals surface area contributed by atoms with Crippen LogP contribution in [-0.2, 0) is 30.4 Å². The van der Waals surface area contributed by atoms with Crippen LogP contribution in [0.15, 0.2) is 48.5 Å². The number of aliphatic hydroxyl groups is 1. The summed E-state index contributed by atoms with van der Waals surface area (Å²) in [4.78, 5) is 25.7. The first-order valence-electron chi connectivity index (χ1n) is 13.7. The van der Waals surface area contributed by atoms with Crippen LogP contribution in [-0.4, -0.2) is 66.0 Å². The van der Waals surface area contributed by atoms with Crippen LogP contribution in [0.25, 0.3) is 0 Å². The SMILES string of the molecule is O=C(CCCCCC(=O)Nc1ccc([C@H]2O[C@@H](CN3CCOCC3)C[C@@H](c3ccc(CO)cc3)O2)cc1)NO. The van der Waals surface area contributed by atoms with E-state index in [-0.39, 0.29) is 31.1 Å². The minimum absolute atomic E-state index is 0.00341. The summed E-state index contributed by atoms with van der Waals surface area (Å²) in [5, 5.41) is 20.8. The first-order valence-corrected chi connectivity index (χ1v) is 13.7. The minimum Gasteiger partial charge on any atom is -0.392 e. The van der Waals surface area contributed by atoms with Crippen molar-refractivity contribution in [1.82, 2.24) is 10.4 Å². The first kappa shape index (κ1) is 29.1. The van der Waals surface area contributed by atoms with Gasteiger partial charge in [-0.3, -0.25) is 19.7 Å². The molecule has 0 aliphatic carbocycles. The van der Waals surface area contributed by atoms with Gasteiger partial charge >= 0.3 is 0 Å². The molecule has 3 atom stereocenters. The third kappa shape index (κ3) is 9.10. The van der Waals surface area contributed by atoms with Gasteiger partial charge in [-0.15, -0.1) is 0 Å². The van der Waals surface area contributed by atoms with Crippen molar-refractivity contribution in [1.29, 1.82) is 0 Å². The maximum absolute atomic E-state index is 12.3. The largest absolute Gasteiger partial charge is 0.392 e. The van der Waals surface area contributed by atoms with E-state index in [9.17, 15) is 14.7 Å². The lowest BCUT2D eigenvalue weighted by Gasteiger charge is -2.39. The molecule has 2 heterocycles. The Kier molecular flexibility index (Phi) is 11.3. The number of carbonyl (C=O) groups excluding carboxylic acids is 2. The van der Waals surface area contributed by atoms with E-state index in [4.69, 9.17) is 19.4 Å². The number of anilines is 1. The van der Waals surface area contributed by atoms with Crippen LogP contribution in [0, 0.1) is 0 Å². The molecular formula is C29H39N3O7. The first-order chi connectivity index (χ1) is 19.0. The lowest BCUT2D eigenvalue weighted by Crippen LogP contribution is -2.44. The van der Waals surface area contributed by atoms with Crippen molar-refractivity contribution in [2.75, 3.05) is 38.2 Å². The fraction of sp³-hybridized carbons (Fsp3) is 0.517. The van der Waals surface area contributed by atoms with E-state index >= 15 is 0 Å². The normalized spacial score (nSPS) is 21.8. The summed E-state index contributed by atoms with van der Waals surface area (Å²) in [6.07, 6.45) is 2.62. The summed E-state index contributed by atoms with van der Waals surface area (Å²) in [7, 11) is 0. The monoisotopic (exact) mass is 541 g/mol. The van der Waals surface area contributed by atoms with E-state index in [1.54, 1.807) is 5.48 Å². The van der Waals surface area contributed by atoms with Crippen molar-refractivity contribution in [3.8, 4) is 0 Å². The Morgan fingerprint density at radius 2 is 1.54 bits per heavy atom. The van der Waals surface area contributed by atoms with Gasteiger partial charge in [0.25, 0.3) is 0 Å². The van der Waals surface area contributed by atoms with Crippen molar-refractivity contribution in [2.45, 2.75) is 63.6 Å². The average molecular weight is 542 g/mol. The number of aliphatic hydroxyl groups excluding tert-OH is 1. The lowest BCUT2D eigenvalue weighted by molar-refractivity contribution is -0.253. The van der Waals surface area contributed by atoms with Crippen molar-refractivity contribution in [2.24, 2.45) is 0 Å². The molecule has 10 heteroatoms. The lowest BCUT2D eigenvalue weighted by atomic mass is 9.99. The predicted molar refractivity (Wildman–Crippen MR) is 144 cm³/mol. The number of hydroxylamine groups is 1. The molecule has 2 aromatic carbocycles. The highest BCUT2D eigenvalue weighted by molar-refractivity contribution is 5.90. The molecule has 10 nitrogen and oxygen atoms in total. The number of hydrogen-bond donors (Lipinski definition) is 4. The Morgan fingerprint density at radius 1 is 0.872 bits per heavy atom. The molecule has 0 saturated carbocycles. The molecule has 2 amide bonds. The molecule has 0 aromatic heterocycles. The Morgan fingerprint density at radius 3 is 2.21 bits per heavy atom.